The van der Waals surface area contributed by atoms with Crippen LogP contribution >= 0.6 is 12.8 Å². The fourth-order valence-electron chi connectivity index (χ4n) is 2.33. The minimum absolute atomic E-state index is 0.0113. The highest BCUT2D eigenvalue weighted by Gasteiger charge is 2.27. The van der Waals surface area contributed by atoms with Crippen LogP contribution in [0.1, 0.15) is 19.3 Å². The van der Waals surface area contributed by atoms with Crippen LogP contribution in [0.3, 0.4) is 0 Å². The van der Waals surface area contributed by atoms with Gasteiger partial charge in [0.1, 0.15) is 6.10 Å². The molecule has 2 rings (SSSR count). The van der Waals surface area contributed by atoms with Crippen molar-refractivity contribution >= 4 is 34.9 Å². The van der Waals surface area contributed by atoms with E-state index in [1.165, 1.54) is 0 Å². The number of rotatable bonds is 1. The Morgan fingerprint density at radius 2 is 2.25 bits per heavy atom. The van der Waals surface area contributed by atoms with E-state index in [1.807, 2.05) is 0 Å². The zero-order chi connectivity index (χ0) is 14.6. The second-order valence-corrected chi connectivity index (χ2v) is 15.4. The molecule has 2 aliphatic heterocycles. The number of thiol groups is 1. The Bertz CT molecular complexity index is 590. The summed E-state index contributed by atoms with van der Waals surface area (Å²) in [7, 11) is 2.77. The summed E-state index contributed by atoms with van der Waals surface area (Å²) < 4.78 is 17.3. The van der Waals surface area contributed by atoms with Crippen LogP contribution < -0.4 is 0 Å². The van der Waals surface area contributed by atoms with E-state index in [-0.39, 0.29) is 6.10 Å². The molecule has 0 N–H and O–H groups in total. The monoisotopic (exact) mass is 352 g/mol. The van der Waals surface area contributed by atoms with Crippen molar-refractivity contribution in [3.8, 4) is 17.5 Å². The van der Waals surface area contributed by atoms with E-state index in [2.05, 4.69) is 17.8 Å². The Hall–Kier alpha value is 0.520. The average molecular weight is 352 g/mol. The van der Waals surface area contributed by atoms with Gasteiger partial charge in [-0.2, -0.15) is 10.3 Å². The predicted octanol–water partition coefficient (Wildman–Crippen LogP) is 3.04. The summed E-state index contributed by atoms with van der Waals surface area (Å²) in [6.07, 6.45) is 8.94. The van der Waals surface area contributed by atoms with Crippen LogP contribution in [0.25, 0.3) is 0 Å². The molecule has 0 aliphatic carbocycles. The first-order valence-corrected chi connectivity index (χ1v) is 13.5. The molecular weight excluding hydrogens is 330 g/mol. The van der Waals surface area contributed by atoms with E-state index in [0.717, 1.165) is 48.5 Å². The lowest BCUT2D eigenvalue weighted by atomic mass is 10.1. The van der Waals surface area contributed by atoms with Gasteiger partial charge in [-0.15, -0.1) is 12.3 Å². The molecule has 2 fully saturated rings. The molecule has 0 bridgehead atoms. The van der Waals surface area contributed by atoms with Gasteiger partial charge in [-0.3, -0.25) is 0 Å². The quantitative estimate of drug-likeness (QED) is 0.446. The van der Waals surface area contributed by atoms with Gasteiger partial charge in [0.2, 0.25) is 0 Å². The van der Waals surface area contributed by atoms with Crippen molar-refractivity contribution in [1.82, 2.24) is 0 Å². The molecule has 2 saturated heterocycles. The summed E-state index contributed by atoms with van der Waals surface area (Å²) in [5, 5.41) is 3.45. The Kier molecular flexibility index (Phi) is 6.07. The summed E-state index contributed by atoms with van der Waals surface area (Å²) in [6, 6.07) is 0. The second-order valence-electron chi connectivity index (χ2n) is 5.20. The van der Waals surface area contributed by atoms with Gasteiger partial charge in [-0.25, -0.2) is 0 Å². The third-order valence-corrected chi connectivity index (χ3v) is 11.9. The van der Waals surface area contributed by atoms with Crippen LogP contribution in [0.15, 0.2) is 0 Å². The molecule has 0 saturated carbocycles. The largest absolute Gasteiger partial charge is 0.352 e. The molecule has 3 nitrogen and oxygen atoms in total. The van der Waals surface area contributed by atoms with Gasteiger partial charge in [0.25, 0.3) is 0 Å². The van der Waals surface area contributed by atoms with Crippen LogP contribution in [-0.2, 0) is 35.7 Å². The normalized spacial score (nSPS) is 41.5. The molecule has 0 aromatic carbocycles. The summed E-state index contributed by atoms with van der Waals surface area (Å²) >= 11 is 5.44. The van der Waals surface area contributed by atoms with Crippen LogP contribution in [-0.4, -0.2) is 38.8 Å². The highest BCUT2D eigenvalue weighted by atomic mass is 32.5. The molecular formula is C13H22O3P2S2. The molecule has 0 aromatic heterocycles. The first-order chi connectivity index (χ1) is 9.49. The molecule has 0 aromatic rings. The smallest absolute Gasteiger partial charge is 0.189 e. The van der Waals surface area contributed by atoms with Gasteiger partial charge in [0.15, 0.2) is 6.49 Å². The zero-order valence-corrected chi connectivity index (χ0v) is 15.4. The van der Waals surface area contributed by atoms with Crippen molar-refractivity contribution in [2.45, 2.75) is 25.4 Å². The molecule has 0 spiro atoms. The molecule has 7 heteroatoms. The maximum absolute atomic E-state index is 6.00. The van der Waals surface area contributed by atoms with Crippen molar-refractivity contribution in [2.75, 3.05) is 32.7 Å². The van der Waals surface area contributed by atoms with E-state index < -0.39 is 12.8 Å². The van der Waals surface area contributed by atoms with Crippen molar-refractivity contribution in [1.29, 1.82) is 0 Å². The Morgan fingerprint density at radius 1 is 1.45 bits per heavy atom. The molecule has 4 unspecified atom stereocenters. The number of terminal acetylenes is 1. The van der Waals surface area contributed by atoms with Crippen LogP contribution in [0.2, 0.25) is 0 Å². The van der Waals surface area contributed by atoms with Gasteiger partial charge in [0.05, 0.1) is 6.61 Å². The zero-order valence-electron chi connectivity index (χ0n) is 11.9. The van der Waals surface area contributed by atoms with E-state index in [0.29, 0.717) is 5.92 Å². The van der Waals surface area contributed by atoms with E-state index in [1.54, 1.807) is 7.11 Å². The standard InChI is InChI=1S/C13H22O3P2S2/c1-4-12-7-8-15-17(3,10-12)20-11-13-6-5-9-18(19,14-2)16-13/h1,12-13,20H,5-10H2,2-3H3. The fourth-order valence-corrected chi connectivity index (χ4v) is 9.38. The summed E-state index contributed by atoms with van der Waals surface area (Å²) in [5.74, 6) is 3.23. The third-order valence-electron chi connectivity index (χ3n) is 3.51. The Labute approximate surface area is 130 Å². The second kappa shape index (κ2) is 7.19. The van der Waals surface area contributed by atoms with Crippen LogP contribution in [0.5, 0.6) is 0 Å². The van der Waals surface area contributed by atoms with Crippen molar-refractivity contribution < 1.29 is 13.6 Å². The highest BCUT2D eigenvalue weighted by Crippen LogP contribution is 2.53. The first kappa shape index (κ1) is 16.9. The van der Waals surface area contributed by atoms with Gasteiger partial charge in [-0.1, -0.05) is 5.18 Å². The molecule has 114 valence electrons. The van der Waals surface area contributed by atoms with Gasteiger partial charge in [0, 0.05) is 31.6 Å². The van der Waals surface area contributed by atoms with Gasteiger partial charge < -0.3 is 13.6 Å². The Morgan fingerprint density at radius 3 is 2.95 bits per heavy atom. The van der Waals surface area contributed by atoms with Gasteiger partial charge in [-0.05, 0) is 37.7 Å². The minimum Gasteiger partial charge on any atom is -0.352 e. The lowest BCUT2D eigenvalue weighted by Gasteiger charge is -2.29. The number of hydrogen-bond acceptors (Lipinski definition) is 4. The molecule has 20 heavy (non-hydrogen) atoms. The first-order valence-electron chi connectivity index (χ1n) is 6.76. The van der Waals surface area contributed by atoms with Crippen molar-refractivity contribution in [3.63, 3.8) is 0 Å². The van der Waals surface area contributed by atoms with Gasteiger partial charge >= 0.3 is 0 Å². The van der Waals surface area contributed by atoms with E-state index >= 15 is 0 Å². The third kappa shape index (κ3) is 4.51. The molecule has 2 heterocycles. The van der Waals surface area contributed by atoms with Crippen molar-refractivity contribution in [2.24, 2.45) is 5.92 Å². The SMILES string of the molecule is C#CC1CCOP(C)(=[SH]#CC2CCCP(=S)(OC)O2)C1. The summed E-state index contributed by atoms with van der Waals surface area (Å²) in [5.41, 5.74) is 0. The fraction of sp³-hybridized carbons (Fsp3) is 0.769. The number of hydrogen-bond donors (Lipinski definition) is 1. The minimum atomic E-state index is -2.05. The topological polar surface area (TPSA) is 27.7 Å². The maximum Gasteiger partial charge on any atom is 0.189 e. The average Bonchev–Trinajstić information content (AvgIpc) is 2.45. The van der Waals surface area contributed by atoms with E-state index in [9.17, 15) is 0 Å². The molecule has 0 radical (unpaired) electrons. The predicted molar refractivity (Wildman–Crippen MR) is 93.5 cm³/mol. The van der Waals surface area contributed by atoms with Crippen LogP contribution in [0.4, 0.5) is 0 Å². The lowest BCUT2D eigenvalue weighted by molar-refractivity contribution is 0.210. The molecule has 4 atom stereocenters. The molecule has 2 aliphatic rings. The lowest BCUT2D eigenvalue weighted by Crippen LogP contribution is -2.17. The van der Waals surface area contributed by atoms with Crippen LogP contribution in [0, 0.1) is 23.4 Å². The Balaban J connectivity index is 2.18. The maximum atomic E-state index is 6.00. The summed E-state index contributed by atoms with van der Waals surface area (Å²) in [6.45, 7) is 0.927. The van der Waals surface area contributed by atoms with E-state index in [4.69, 9.17) is 31.8 Å². The summed E-state index contributed by atoms with van der Waals surface area (Å²) in [4.78, 5) is 0. The highest BCUT2D eigenvalue weighted by molar-refractivity contribution is 8.15. The molecule has 0 amide bonds. The van der Waals surface area contributed by atoms with Crippen molar-refractivity contribution in [3.05, 3.63) is 0 Å².